The fourth-order valence-corrected chi connectivity index (χ4v) is 0.378. The first-order valence-corrected chi connectivity index (χ1v) is 2.71. The van der Waals surface area contributed by atoms with E-state index in [1.165, 1.54) is 0 Å². The van der Waals surface area contributed by atoms with Crippen LogP contribution in [0.25, 0.3) is 0 Å². The molecule has 0 radical (unpaired) electrons. The van der Waals surface area contributed by atoms with Crippen LogP contribution >= 0.6 is 12.1 Å². The Labute approximate surface area is 55.6 Å². The maximum absolute atomic E-state index is 9.88. The number of carbonyl (C=O) groups is 2. The summed E-state index contributed by atoms with van der Waals surface area (Å²) in [7, 11) is 0. The number of hydrogen-bond acceptors (Lipinski definition) is 3. The monoisotopic (exact) mass is 150 g/mol. The van der Waals surface area contributed by atoms with Crippen LogP contribution < -0.4 is 20.9 Å². The summed E-state index contributed by atoms with van der Waals surface area (Å²) in [5.41, 5.74) is 9.23. The molecule has 0 heterocycles. The van der Waals surface area contributed by atoms with E-state index in [1.54, 1.807) is 0 Å². The number of primary amides is 2. The summed E-state index contributed by atoms with van der Waals surface area (Å²) in [6.07, 6.45) is 0. The third-order valence-corrected chi connectivity index (χ3v) is 0.910. The zero-order valence-electron chi connectivity index (χ0n) is 4.38. The van der Waals surface area contributed by atoms with E-state index in [4.69, 9.17) is 0 Å². The van der Waals surface area contributed by atoms with Crippen LogP contribution in [0, 0.1) is 0 Å². The Morgan fingerprint density at radius 1 is 1.11 bits per heavy atom. The van der Waals surface area contributed by atoms with E-state index in [0.29, 0.717) is 12.1 Å². The second-order valence-corrected chi connectivity index (χ2v) is 1.65. The van der Waals surface area contributed by atoms with Gasteiger partial charge in [0.05, 0.1) is 12.1 Å². The molecule has 0 aromatic carbocycles. The van der Waals surface area contributed by atoms with Crippen molar-refractivity contribution in [1.29, 1.82) is 0 Å². The van der Waals surface area contributed by atoms with Crippen LogP contribution in [0.1, 0.15) is 0 Å². The van der Waals surface area contributed by atoms with E-state index in [9.17, 15) is 9.59 Å². The molecule has 0 saturated carbocycles. The first-order valence-electron chi connectivity index (χ1n) is 1.89. The zero-order valence-corrected chi connectivity index (χ0v) is 5.20. The van der Waals surface area contributed by atoms with Crippen LogP contribution in [0.5, 0.6) is 0 Å². The Morgan fingerprint density at radius 3 is 1.67 bits per heavy atom. The summed E-state index contributed by atoms with van der Waals surface area (Å²) >= 11 is 0.620. The van der Waals surface area contributed by atoms with Crippen LogP contribution in [-0.2, 0) is 0 Å². The second-order valence-electron chi connectivity index (χ2n) is 1.03. The molecule has 0 rings (SSSR count). The molecule has 0 aliphatic carbocycles. The van der Waals surface area contributed by atoms with Gasteiger partial charge in [0, 0.05) is 0 Å². The summed E-state index contributed by atoms with van der Waals surface area (Å²) in [6.45, 7) is 0. The zero-order chi connectivity index (χ0) is 7.28. The smallest absolute Gasteiger partial charge is 0.323 e. The van der Waals surface area contributed by atoms with Crippen molar-refractivity contribution in [3.63, 3.8) is 0 Å². The summed E-state index contributed by atoms with van der Waals surface area (Å²) in [6, 6.07) is -1.48. The molecule has 0 bridgehead atoms. The summed E-state index contributed by atoms with van der Waals surface area (Å²) in [4.78, 5) is 19.8. The van der Waals surface area contributed by atoms with Gasteiger partial charge < -0.3 is 11.5 Å². The van der Waals surface area contributed by atoms with Crippen molar-refractivity contribution in [1.82, 2.24) is 9.44 Å². The highest BCUT2D eigenvalue weighted by Crippen LogP contribution is 1.79. The van der Waals surface area contributed by atoms with Crippen molar-refractivity contribution >= 4 is 24.2 Å². The normalized spacial score (nSPS) is 8.00. The lowest BCUT2D eigenvalue weighted by atomic mass is 11.2. The minimum absolute atomic E-state index is 0.620. The van der Waals surface area contributed by atoms with E-state index in [2.05, 4.69) is 11.5 Å². The van der Waals surface area contributed by atoms with Gasteiger partial charge in [-0.15, -0.1) is 0 Å². The number of amides is 4. The number of carbonyl (C=O) groups excluding carboxylic acids is 2. The van der Waals surface area contributed by atoms with Crippen LogP contribution in [0.2, 0.25) is 0 Å². The SMILES string of the molecule is NC(=O)NSNC(N)=O. The molecule has 0 fully saturated rings. The Morgan fingerprint density at radius 2 is 1.44 bits per heavy atom. The first-order chi connectivity index (χ1) is 4.13. The second kappa shape index (κ2) is 3.84. The third kappa shape index (κ3) is 6.89. The molecule has 0 aliphatic rings. The number of urea groups is 2. The largest absolute Gasteiger partial charge is 0.351 e. The first kappa shape index (κ1) is 7.89. The molecule has 4 amide bonds. The number of rotatable bonds is 2. The highest BCUT2D eigenvalue weighted by molar-refractivity contribution is 7.96. The molecule has 0 saturated heterocycles. The average molecular weight is 150 g/mol. The van der Waals surface area contributed by atoms with Crippen molar-refractivity contribution in [2.45, 2.75) is 0 Å². The lowest BCUT2D eigenvalue weighted by molar-refractivity contribution is 0.253. The molecule has 6 nitrogen and oxygen atoms in total. The average Bonchev–Trinajstić information content (AvgIpc) is 1.63. The molecule has 0 aromatic heterocycles. The van der Waals surface area contributed by atoms with Gasteiger partial charge in [-0.2, -0.15) is 0 Å². The maximum atomic E-state index is 9.88. The lowest BCUT2D eigenvalue weighted by Crippen LogP contribution is -2.31. The molecule has 9 heavy (non-hydrogen) atoms. The predicted molar refractivity (Wildman–Crippen MR) is 33.0 cm³/mol. The molecule has 0 unspecified atom stereocenters. The quantitative estimate of drug-likeness (QED) is 0.374. The van der Waals surface area contributed by atoms with Crippen molar-refractivity contribution < 1.29 is 9.59 Å². The fraction of sp³-hybridized carbons (Fsp3) is 0. The van der Waals surface area contributed by atoms with Crippen LogP contribution in [-0.4, -0.2) is 12.1 Å². The molecule has 6 N–H and O–H groups in total. The van der Waals surface area contributed by atoms with Crippen molar-refractivity contribution in [2.75, 3.05) is 0 Å². The summed E-state index contributed by atoms with van der Waals surface area (Å²) in [5, 5.41) is 0. The Balaban J connectivity index is 3.10. The Hall–Kier alpha value is -1.11. The topological polar surface area (TPSA) is 110 Å². The van der Waals surface area contributed by atoms with E-state index in [0.717, 1.165) is 0 Å². The van der Waals surface area contributed by atoms with Crippen LogP contribution in [0.3, 0.4) is 0 Å². The standard InChI is InChI=1S/C2H6N4O2S/c3-1(7)5-9-6-2(4)8/h(H3,3,5,7)(H3,4,6,8). The van der Waals surface area contributed by atoms with Crippen molar-refractivity contribution in [2.24, 2.45) is 11.5 Å². The van der Waals surface area contributed by atoms with Crippen LogP contribution in [0.4, 0.5) is 9.59 Å². The summed E-state index contributed by atoms with van der Waals surface area (Å²) < 4.78 is 4.04. The highest BCUT2D eigenvalue weighted by atomic mass is 32.2. The number of nitrogens with two attached hydrogens (primary N) is 2. The number of nitrogens with one attached hydrogen (secondary N) is 2. The van der Waals surface area contributed by atoms with E-state index in [-0.39, 0.29) is 0 Å². The summed E-state index contributed by atoms with van der Waals surface area (Å²) in [5.74, 6) is 0. The van der Waals surface area contributed by atoms with E-state index in [1.807, 2.05) is 9.44 Å². The van der Waals surface area contributed by atoms with Crippen molar-refractivity contribution in [3.8, 4) is 0 Å². The Kier molecular flexibility index (Phi) is 3.37. The Bertz CT molecular complexity index is 112. The van der Waals surface area contributed by atoms with Gasteiger partial charge in [-0.25, -0.2) is 9.59 Å². The fourth-order valence-electron chi connectivity index (χ4n) is 0.126. The number of hydrogen-bond donors (Lipinski definition) is 4. The van der Waals surface area contributed by atoms with Gasteiger partial charge in [-0.05, 0) is 0 Å². The van der Waals surface area contributed by atoms with Gasteiger partial charge in [-0.3, -0.25) is 9.44 Å². The van der Waals surface area contributed by atoms with Gasteiger partial charge in [0.1, 0.15) is 0 Å². The molecular formula is C2H6N4O2S. The third-order valence-electron chi connectivity index (χ3n) is 0.303. The van der Waals surface area contributed by atoms with Crippen LogP contribution in [0.15, 0.2) is 0 Å². The van der Waals surface area contributed by atoms with Gasteiger partial charge in [-0.1, -0.05) is 0 Å². The molecule has 0 atom stereocenters. The molecule has 7 heteroatoms. The predicted octanol–water partition coefficient (Wildman–Crippen LogP) is -1.11. The van der Waals surface area contributed by atoms with E-state index < -0.39 is 12.1 Å². The van der Waals surface area contributed by atoms with Gasteiger partial charge in [0.15, 0.2) is 0 Å². The van der Waals surface area contributed by atoms with Gasteiger partial charge in [0.2, 0.25) is 0 Å². The maximum Gasteiger partial charge on any atom is 0.323 e. The minimum atomic E-state index is -0.742. The molecular weight excluding hydrogens is 144 g/mol. The minimum Gasteiger partial charge on any atom is -0.351 e. The van der Waals surface area contributed by atoms with E-state index >= 15 is 0 Å². The molecule has 0 spiro atoms. The molecule has 0 aliphatic heterocycles. The van der Waals surface area contributed by atoms with Gasteiger partial charge in [0.25, 0.3) is 0 Å². The van der Waals surface area contributed by atoms with Gasteiger partial charge >= 0.3 is 12.1 Å². The van der Waals surface area contributed by atoms with Crippen molar-refractivity contribution in [3.05, 3.63) is 0 Å². The lowest BCUT2D eigenvalue weighted by Gasteiger charge is -1.97. The molecule has 0 aromatic rings. The highest BCUT2D eigenvalue weighted by Gasteiger charge is 1.92. The molecule has 52 valence electrons.